The largest absolute Gasteiger partial charge is 0.474 e. The lowest BCUT2D eigenvalue weighted by molar-refractivity contribution is 0.111. The molecule has 0 atom stereocenters. The highest BCUT2D eigenvalue weighted by atomic mass is 79.9. The predicted molar refractivity (Wildman–Crippen MR) is 95.5 cm³/mol. The van der Waals surface area contributed by atoms with Crippen LogP contribution in [-0.2, 0) is 0 Å². The van der Waals surface area contributed by atoms with Gasteiger partial charge in [0, 0.05) is 5.69 Å². The number of nitrogens with one attached hydrogen (secondary N) is 1. The number of ether oxygens (including phenoxy) is 1. The van der Waals surface area contributed by atoms with Gasteiger partial charge in [0.15, 0.2) is 0 Å². The Kier molecular flexibility index (Phi) is 7.87. The van der Waals surface area contributed by atoms with Crippen molar-refractivity contribution in [1.82, 2.24) is 4.98 Å². The zero-order chi connectivity index (χ0) is 16.7. The van der Waals surface area contributed by atoms with E-state index in [-0.39, 0.29) is 5.84 Å². The highest BCUT2D eigenvalue weighted by Gasteiger charge is 2.25. The number of nitrogens with zero attached hydrogens (tertiary/aromatic N) is 1. The van der Waals surface area contributed by atoms with E-state index in [9.17, 15) is 0 Å². The molecule has 4 nitrogen and oxygen atoms in total. The molecule has 1 heterocycles. The smallest absolute Gasteiger partial charge is 0.228 e. The van der Waals surface area contributed by atoms with Crippen molar-refractivity contribution in [2.75, 3.05) is 0 Å². The van der Waals surface area contributed by atoms with E-state index in [0.29, 0.717) is 6.10 Å². The molecule has 1 fully saturated rings. The van der Waals surface area contributed by atoms with E-state index in [0.717, 1.165) is 40.7 Å². The molecule has 0 aromatic carbocycles. The van der Waals surface area contributed by atoms with E-state index in [1.54, 1.807) is 0 Å². The Morgan fingerprint density at radius 1 is 1.32 bits per heavy atom. The summed E-state index contributed by atoms with van der Waals surface area (Å²) in [5, 5.41) is 6.28. The second-order valence-corrected chi connectivity index (χ2v) is 7.18. The van der Waals surface area contributed by atoms with Crippen molar-refractivity contribution in [2.24, 2.45) is 17.6 Å². The van der Waals surface area contributed by atoms with Crippen LogP contribution < -0.4 is 10.5 Å². The lowest BCUT2D eigenvalue weighted by atomic mass is 9.80. The molecule has 0 saturated heterocycles. The summed E-state index contributed by atoms with van der Waals surface area (Å²) in [5.41, 5.74) is 5.70. The van der Waals surface area contributed by atoms with Crippen molar-refractivity contribution in [3.8, 4) is 5.88 Å². The minimum absolute atomic E-state index is 0.167. The fraction of sp³-hybridized carbons (Fsp3) is 0.647. The highest BCUT2D eigenvalue weighted by molar-refractivity contribution is 9.10. The molecule has 0 radical (unpaired) electrons. The minimum Gasteiger partial charge on any atom is -0.474 e. The number of amidine groups is 1. The average molecular weight is 370 g/mol. The molecular formula is C17H28BrN3O. The molecule has 22 heavy (non-hydrogen) atoms. The minimum atomic E-state index is 0.167. The van der Waals surface area contributed by atoms with E-state index < -0.39 is 0 Å². The summed E-state index contributed by atoms with van der Waals surface area (Å²) in [4.78, 5) is 4.45. The van der Waals surface area contributed by atoms with Crippen LogP contribution in [-0.4, -0.2) is 16.9 Å². The average Bonchev–Trinajstić information content (AvgIpc) is 2.43. The topological polar surface area (TPSA) is 72.0 Å². The normalized spacial score (nSPS) is 21.0. The molecule has 0 aliphatic heterocycles. The zero-order valence-electron chi connectivity index (χ0n) is 14.0. The molecule has 2 rings (SSSR count). The van der Waals surface area contributed by atoms with Crippen molar-refractivity contribution in [3.05, 3.63) is 22.3 Å². The SMILES string of the molecule is CC(=N)N.Cc1ccc(Br)c(OC2CCC(C(C)C)CC2)n1. The van der Waals surface area contributed by atoms with Crippen LogP contribution in [0.4, 0.5) is 0 Å². The second-order valence-electron chi connectivity index (χ2n) is 6.32. The quantitative estimate of drug-likeness (QED) is 0.599. The number of rotatable bonds is 3. The van der Waals surface area contributed by atoms with Crippen molar-refractivity contribution in [3.63, 3.8) is 0 Å². The van der Waals surface area contributed by atoms with Crippen LogP contribution in [0.5, 0.6) is 5.88 Å². The third-order valence-corrected chi connectivity index (χ3v) is 4.50. The van der Waals surface area contributed by atoms with Crippen LogP contribution in [0.15, 0.2) is 16.6 Å². The summed E-state index contributed by atoms with van der Waals surface area (Å²) in [6.45, 7) is 8.17. The van der Waals surface area contributed by atoms with Gasteiger partial charge >= 0.3 is 0 Å². The molecular weight excluding hydrogens is 342 g/mol. The molecule has 1 saturated carbocycles. The summed E-state index contributed by atoms with van der Waals surface area (Å²) in [6.07, 6.45) is 5.22. The molecule has 124 valence electrons. The van der Waals surface area contributed by atoms with E-state index in [1.807, 2.05) is 19.1 Å². The van der Waals surface area contributed by atoms with Crippen molar-refractivity contribution < 1.29 is 4.74 Å². The predicted octanol–water partition coefficient (Wildman–Crippen LogP) is 4.69. The van der Waals surface area contributed by atoms with E-state index >= 15 is 0 Å². The van der Waals surface area contributed by atoms with Crippen molar-refractivity contribution in [1.29, 1.82) is 5.41 Å². The Hall–Kier alpha value is -1.10. The molecule has 1 aromatic heterocycles. The lowest BCUT2D eigenvalue weighted by Gasteiger charge is -2.31. The summed E-state index contributed by atoms with van der Waals surface area (Å²) in [7, 11) is 0. The molecule has 0 amide bonds. The van der Waals surface area contributed by atoms with Gasteiger partial charge in [0.25, 0.3) is 0 Å². The van der Waals surface area contributed by atoms with Crippen LogP contribution in [0.25, 0.3) is 0 Å². The molecule has 0 bridgehead atoms. The summed E-state index contributed by atoms with van der Waals surface area (Å²) >= 11 is 3.50. The molecule has 1 aliphatic rings. The van der Waals surface area contributed by atoms with Gasteiger partial charge in [0.1, 0.15) is 6.10 Å². The van der Waals surface area contributed by atoms with Crippen LogP contribution in [0.2, 0.25) is 0 Å². The Morgan fingerprint density at radius 2 is 1.86 bits per heavy atom. The van der Waals surface area contributed by atoms with Gasteiger partial charge in [0.05, 0.1) is 10.3 Å². The molecule has 5 heteroatoms. The van der Waals surface area contributed by atoms with Crippen LogP contribution in [0.1, 0.15) is 52.1 Å². The van der Waals surface area contributed by atoms with Crippen molar-refractivity contribution in [2.45, 2.75) is 59.5 Å². The molecule has 1 aromatic rings. The number of aryl methyl sites for hydroxylation is 1. The van der Waals surface area contributed by atoms with Crippen LogP contribution in [0.3, 0.4) is 0 Å². The zero-order valence-corrected chi connectivity index (χ0v) is 15.6. The number of aromatic nitrogens is 1. The Morgan fingerprint density at radius 3 is 2.36 bits per heavy atom. The monoisotopic (exact) mass is 369 g/mol. The first-order valence-corrected chi connectivity index (χ1v) is 8.69. The van der Waals surface area contributed by atoms with E-state index in [2.05, 4.69) is 34.8 Å². The first-order chi connectivity index (χ1) is 10.3. The molecule has 0 unspecified atom stereocenters. The third-order valence-electron chi connectivity index (χ3n) is 3.89. The summed E-state index contributed by atoms with van der Waals surface area (Å²) < 4.78 is 6.99. The lowest BCUT2D eigenvalue weighted by Crippen LogP contribution is -2.26. The standard InChI is InChI=1S/C15H22BrNO.C2H6N2/c1-10(2)12-5-7-13(8-6-12)18-15-14(16)9-4-11(3)17-15;1-2(3)4/h4,9-10,12-13H,5-8H2,1-3H3;1H3,(H3,3,4). The maximum absolute atomic E-state index is 6.28. The Bertz CT molecular complexity index is 479. The van der Waals surface area contributed by atoms with E-state index in [4.69, 9.17) is 15.9 Å². The highest BCUT2D eigenvalue weighted by Crippen LogP contribution is 2.33. The Labute approximate surface area is 142 Å². The fourth-order valence-electron chi connectivity index (χ4n) is 2.63. The van der Waals surface area contributed by atoms with Gasteiger partial charge in [-0.3, -0.25) is 5.41 Å². The van der Waals surface area contributed by atoms with E-state index in [1.165, 1.54) is 19.8 Å². The second kappa shape index (κ2) is 9.13. The first kappa shape index (κ1) is 18.9. The molecule has 0 spiro atoms. The number of halogens is 1. The maximum Gasteiger partial charge on any atom is 0.228 e. The summed E-state index contributed by atoms with van der Waals surface area (Å²) in [5.74, 6) is 2.59. The molecule has 1 aliphatic carbocycles. The Balaban J connectivity index is 0.000000541. The van der Waals surface area contributed by atoms with Gasteiger partial charge in [-0.05, 0) is 79.4 Å². The number of pyridine rings is 1. The summed E-state index contributed by atoms with van der Waals surface area (Å²) in [6, 6.07) is 4.00. The number of nitrogens with two attached hydrogens (primary N) is 1. The van der Waals surface area contributed by atoms with Gasteiger partial charge in [0.2, 0.25) is 5.88 Å². The maximum atomic E-state index is 6.28. The fourth-order valence-corrected chi connectivity index (χ4v) is 2.94. The third kappa shape index (κ3) is 6.77. The van der Waals surface area contributed by atoms with Gasteiger partial charge in [-0.2, -0.15) is 0 Å². The van der Waals surface area contributed by atoms with Crippen LogP contribution >= 0.6 is 15.9 Å². The first-order valence-electron chi connectivity index (χ1n) is 7.90. The van der Waals surface area contributed by atoms with Crippen LogP contribution in [0, 0.1) is 24.2 Å². The van der Waals surface area contributed by atoms with Gasteiger partial charge in [-0.1, -0.05) is 13.8 Å². The number of hydrogen-bond donors (Lipinski definition) is 2. The van der Waals surface area contributed by atoms with Crippen molar-refractivity contribution >= 4 is 21.8 Å². The number of hydrogen-bond acceptors (Lipinski definition) is 3. The van der Waals surface area contributed by atoms with Gasteiger partial charge in [-0.25, -0.2) is 4.98 Å². The van der Waals surface area contributed by atoms with Gasteiger partial charge < -0.3 is 10.5 Å². The van der Waals surface area contributed by atoms with Gasteiger partial charge in [-0.15, -0.1) is 0 Å². The molecule has 3 N–H and O–H groups in total.